The van der Waals surface area contributed by atoms with Crippen molar-refractivity contribution in [1.29, 1.82) is 0 Å². The molecule has 0 radical (unpaired) electrons. The Morgan fingerprint density at radius 1 is 0.542 bits per heavy atom. The van der Waals surface area contributed by atoms with Crippen LogP contribution in [0.15, 0.2) is 0 Å². The van der Waals surface area contributed by atoms with Crippen molar-refractivity contribution in [1.82, 2.24) is 10.1 Å². The molecule has 0 N–H and O–H groups in total. The summed E-state index contributed by atoms with van der Waals surface area (Å²) in [6, 6.07) is 0. The lowest BCUT2D eigenvalue weighted by Gasteiger charge is -2.52. The van der Waals surface area contributed by atoms with Crippen LogP contribution in [-0.4, -0.2) is 45.5 Å². The summed E-state index contributed by atoms with van der Waals surface area (Å²) in [5.74, 6) is 0. The summed E-state index contributed by atoms with van der Waals surface area (Å²) >= 11 is 0. The van der Waals surface area contributed by atoms with Crippen LogP contribution < -0.4 is 0 Å². The second kappa shape index (κ2) is 6.86. The average molecular weight is 341 g/mol. The maximum atomic E-state index is 6.22. The second-order valence-electron chi connectivity index (χ2n) is 10.2. The normalized spacial score (nSPS) is 29.5. The van der Waals surface area contributed by atoms with E-state index in [1.165, 1.54) is 38.5 Å². The molecule has 2 aliphatic rings. The van der Waals surface area contributed by atoms with Crippen molar-refractivity contribution in [3.63, 3.8) is 0 Å². The fraction of sp³-hybridized carbons (Fsp3) is 1.00. The molecule has 0 aliphatic carbocycles. The van der Waals surface area contributed by atoms with Crippen molar-refractivity contribution in [2.75, 3.05) is 13.2 Å². The first-order chi connectivity index (χ1) is 10.9. The van der Waals surface area contributed by atoms with Gasteiger partial charge in [0.15, 0.2) is 0 Å². The Balaban J connectivity index is 1.89. The third-order valence-electron chi connectivity index (χ3n) is 5.88. The van der Waals surface area contributed by atoms with Crippen LogP contribution in [0.4, 0.5) is 0 Å². The smallest absolute Gasteiger partial charge is 0.0939 e. The highest BCUT2D eigenvalue weighted by Gasteiger charge is 2.44. The van der Waals surface area contributed by atoms with E-state index >= 15 is 0 Å². The Kier molecular flexibility index (Phi) is 5.76. The van der Waals surface area contributed by atoms with Gasteiger partial charge in [0, 0.05) is 22.2 Å². The molecule has 2 heterocycles. The minimum atomic E-state index is 0.0887. The fourth-order valence-electron chi connectivity index (χ4n) is 4.91. The largest absolute Gasteiger partial charge is 0.295 e. The van der Waals surface area contributed by atoms with Crippen LogP contribution in [-0.2, 0) is 9.68 Å². The van der Waals surface area contributed by atoms with Gasteiger partial charge in [-0.2, -0.15) is 10.1 Å². The molecule has 4 heteroatoms. The number of rotatable bonds is 5. The summed E-state index contributed by atoms with van der Waals surface area (Å²) in [5, 5.41) is 4.44. The molecule has 0 aromatic rings. The quantitative estimate of drug-likeness (QED) is 0.662. The second-order valence-corrected chi connectivity index (χ2v) is 10.2. The summed E-state index contributed by atoms with van der Waals surface area (Å²) in [7, 11) is 0. The van der Waals surface area contributed by atoms with Crippen molar-refractivity contribution < 1.29 is 9.68 Å². The third kappa shape index (κ3) is 4.32. The topological polar surface area (TPSA) is 24.9 Å². The van der Waals surface area contributed by atoms with E-state index in [0.29, 0.717) is 13.2 Å². The van der Waals surface area contributed by atoms with E-state index < -0.39 is 0 Å². The van der Waals surface area contributed by atoms with E-state index in [4.69, 9.17) is 9.68 Å². The first-order valence-electron chi connectivity index (χ1n) is 9.75. The van der Waals surface area contributed by atoms with Gasteiger partial charge in [0.25, 0.3) is 0 Å². The zero-order chi connectivity index (χ0) is 18.2. The predicted octanol–water partition coefficient (Wildman–Crippen LogP) is 4.94. The van der Waals surface area contributed by atoms with Gasteiger partial charge in [0.1, 0.15) is 0 Å². The van der Waals surface area contributed by atoms with E-state index in [-0.39, 0.29) is 22.2 Å². The molecule has 0 atom stereocenters. The standard InChI is InChI=1S/C20H40N2O2/c1-17(2)11-9-12-18(3,4)21(17)23-15-16-24-22-19(5,6)13-10-14-20(22,7)8/h9-16H2,1-8H3. The molecule has 0 bridgehead atoms. The molecule has 24 heavy (non-hydrogen) atoms. The lowest BCUT2D eigenvalue weighted by molar-refractivity contribution is -0.317. The van der Waals surface area contributed by atoms with E-state index in [1.54, 1.807) is 0 Å². The molecule has 0 aromatic carbocycles. The van der Waals surface area contributed by atoms with Gasteiger partial charge in [-0.05, 0) is 93.9 Å². The molecule has 0 amide bonds. The molecule has 2 aliphatic heterocycles. The van der Waals surface area contributed by atoms with Crippen molar-refractivity contribution in [3.05, 3.63) is 0 Å². The Morgan fingerprint density at radius 3 is 1.04 bits per heavy atom. The zero-order valence-corrected chi connectivity index (χ0v) is 17.4. The van der Waals surface area contributed by atoms with Crippen LogP contribution in [0.25, 0.3) is 0 Å². The lowest BCUT2D eigenvalue weighted by atomic mass is 9.82. The van der Waals surface area contributed by atoms with Crippen LogP contribution in [0.3, 0.4) is 0 Å². The molecule has 0 unspecified atom stereocenters. The van der Waals surface area contributed by atoms with Crippen LogP contribution >= 0.6 is 0 Å². The molecule has 4 nitrogen and oxygen atoms in total. The van der Waals surface area contributed by atoms with Gasteiger partial charge < -0.3 is 0 Å². The first-order valence-corrected chi connectivity index (χ1v) is 9.75. The number of nitrogens with zero attached hydrogens (tertiary/aromatic N) is 2. The fourth-order valence-corrected chi connectivity index (χ4v) is 4.91. The van der Waals surface area contributed by atoms with Gasteiger partial charge in [0.05, 0.1) is 13.2 Å². The monoisotopic (exact) mass is 340 g/mol. The molecular formula is C20H40N2O2. The highest BCUT2D eigenvalue weighted by Crippen LogP contribution is 2.39. The number of hydrogen-bond acceptors (Lipinski definition) is 4. The van der Waals surface area contributed by atoms with Crippen LogP contribution in [0, 0.1) is 0 Å². The molecule has 2 saturated heterocycles. The van der Waals surface area contributed by atoms with Crippen molar-refractivity contribution >= 4 is 0 Å². The summed E-state index contributed by atoms with van der Waals surface area (Å²) < 4.78 is 0. The molecular weight excluding hydrogens is 300 g/mol. The molecule has 0 spiro atoms. The minimum Gasteiger partial charge on any atom is -0.295 e. The van der Waals surface area contributed by atoms with Gasteiger partial charge >= 0.3 is 0 Å². The third-order valence-corrected chi connectivity index (χ3v) is 5.88. The number of hydrogen-bond donors (Lipinski definition) is 0. The van der Waals surface area contributed by atoms with Gasteiger partial charge in [-0.3, -0.25) is 9.68 Å². The summed E-state index contributed by atoms with van der Waals surface area (Å²) in [6.07, 6.45) is 7.28. The summed E-state index contributed by atoms with van der Waals surface area (Å²) in [4.78, 5) is 12.4. The Bertz CT molecular complexity index is 357. The maximum absolute atomic E-state index is 6.22. The Morgan fingerprint density at radius 2 is 0.792 bits per heavy atom. The SMILES string of the molecule is CC1(C)CCCC(C)(C)N1OCCON1C(C)(C)CCCC1(C)C. The molecule has 0 aromatic heterocycles. The predicted molar refractivity (Wildman–Crippen MR) is 99.6 cm³/mol. The average Bonchev–Trinajstić information content (AvgIpc) is 2.37. The number of hydroxylamine groups is 4. The molecule has 2 fully saturated rings. The van der Waals surface area contributed by atoms with Crippen molar-refractivity contribution in [2.45, 2.75) is 116 Å². The van der Waals surface area contributed by atoms with Crippen LogP contribution in [0.2, 0.25) is 0 Å². The van der Waals surface area contributed by atoms with Gasteiger partial charge in [-0.1, -0.05) is 0 Å². The van der Waals surface area contributed by atoms with E-state index in [1.807, 2.05) is 0 Å². The zero-order valence-electron chi connectivity index (χ0n) is 17.4. The maximum Gasteiger partial charge on any atom is 0.0939 e. The first kappa shape index (κ1) is 20.2. The van der Waals surface area contributed by atoms with E-state index in [2.05, 4.69) is 65.5 Å². The molecule has 142 valence electrons. The Hall–Kier alpha value is -0.160. The van der Waals surface area contributed by atoms with E-state index in [0.717, 1.165) is 0 Å². The van der Waals surface area contributed by atoms with Crippen molar-refractivity contribution in [3.8, 4) is 0 Å². The van der Waals surface area contributed by atoms with Gasteiger partial charge in [-0.15, -0.1) is 0 Å². The van der Waals surface area contributed by atoms with Gasteiger partial charge in [-0.25, -0.2) is 0 Å². The lowest BCUT2D eigenvalue weighted by Crippen LogP contribution is -2.59. The highest BCUT2D eigenvalue weighted by molar-refractivity contribution is 4.93. The number of piperidine rings is 2. The molecule has 0 saturated carbocycles. The van der Waals surface area contributed by atoms with Crippen molar-refractivity contribution in [2.24, 2.45) is 0 Å². The van der Waals surface area contributed by atoms with Crippen LogP contribution in [0.1, 0.15) is 93.9 Å². The van der Waals surface area contributed by atoms with Crippen LogP contribution in [0.5, 0.6) is 0 Å². The highest BCUT2D eigenvalue weighted by atomic mass is 16.7. The summed E-state index contributed by atoms with van der Waals surface area (Å²) in [6.45, 7) is 19.5. The minimum absolute atomic E-state index is 0.0887. The Labute approximate surface area is 149 Å². The summed E-state index contributed by atoms with van der Waals surface area (Å²) in [5.41, 5.74) is 0.355. The molecule has 2 rings (SSSR count). The van der Waals surface area contributed by atoms with Gasteiger partial charge in [0.2, 0.25) is 0 Å². The van der Waals surface area contributed by atoms with E-state index in [9.17, 15) is 0 Å².